The minimum atomic E-state index is 0.0224. The molecule has 33 heavy (non-hydrogen) atoms. The molecule has 5 aromatic rings. The Kier molecular flexibility index (Phi) is 6.04. The van der Waals surface area contributed by atoms with Crippen LogP contribution in [0.1, 0.15) is 35.1 Å². The number of hydrogen-bond donors (Lipinski definition) is 0. The maximum Gasteiger partial charge on any atom is 0.272 e. The first-order chi connectivity index (χ1) is 16.0. The summed E-state index contributed by atoms with van der Waals surface area (Å²) >= 11 is 3.07. The van der Waals surface area contributed by atoms with Gasteiger partial charge in [-0.2, -0.15) is 0 Å². The summed E-state index contributed by atoms with van der Waals surface area (Å²) in [5, 5.41) is 1.71. The summed E-state index contributed by atoms with van der Waals surface area (Å²) in [4.78, 5) is 24.1. The molecule has 0 amide bonds. The molecular weight excluding hydrogens is 446 g/mol. The molecule has 0 spiro atoms. The lowest BCUT2D eigenvalue weighted by Crippen LogP contribution is -2.25. The van der Waals surface area contributed by atoms with Gasteiger partial charge in [-0.3, -0.25) is 9.36 Å². The first-order valence-corrected chi connectivity index (χ1v) is 12.8. The van der Waals surface area contributed by atoms with Crippen molar-refractivity contribution in [3.05, 3.63) is 99.5 Å². The Hall–Kier alpha value is -2.96. The topological polar surface area (TPSA) is 47.8 Å². The minimum Gasteiger partial charge on any atom is -0.286 e. The second-order valence-electron chi connectivity index (χ2n) is 8.48. The fourth-order valence-electron chi connectivity index (χ4n) is 4.07. The molecule has 4 nitrogen and oxygen atoms in total. The molecule has 0 N–H and O–H groups in total. The predicted molar refractivity (Wildman–Crippen MR) is 140 cm³/mol. The van der Waals surface area contributed by atoms with Gasteiger partial charge in [0.05, 0.1) is 5.52 Å². The third kappa shape index (κ3) is 4.33. The van der Waals surface area contributed by atoms with Crippen LogP contribution in [-0.2, 0) is 12.3 Å². The molecule has 0 fully saturated rings. The molecule has 0 aliphatic heterocycles. The Morgan fingerprint density at radius 1 is 1.06 bits per heavy atom. The molecule has 6 heteroatoms. The normalized spacial score (nSPS) is 12.5. The molecule has 2 aromatic carbocycles. The number of thioether (sulfide) groups is 1. The first kappa shape index (κ1) is 21.9. The van der Waals surface area contributed by atoms with E-state index >= 15 is 0 Å². The molecule has 5 rings (SSSR count). The molecule has 166 valence electrons. The van der Waals surface area contributed by atoms with Gasteiger partial charge in [0.2, 0.25) is 0 Å². The highest BCUT2D eigenvalue weighted by Crippen LogP contribution is 2.32. The molecule has 0 aliphatic rings. The van der Waals surface area contributed by atoms with Crippen molar-refractivity contribution < 1.29 is 0 Å². The molecule has 0 aliphatic carbocycles. The van der Waals surface area contributed by atoms with Crippen LogP contribution in [0.25, 0.3) is 20.4 Å². The summed E-state index contributed by atoms with van der Waals surface area (Å²) in [7, 11) is 0. The molecule has 1 atom stereocenters. The lowest BCUT2D eigenvalue weighted by atomic mass is 10.0. The molecule has 3 aromatic heterocycles. The number of hydrogen-bond acceptors (Lipinski definition) is 5. The number of fused-ring (bicyclic) bond motifs is 3. The largest absolute Gasteiger partial charge is 0.286 e. The Morgan fingerprint density at radius 3 is 2.70 bits per heavy atom. The Bertz CT molecular complexity index is 1510. The van der Waals surface area contributed by atoms with Crippen LogP contribution in [0.4, 0.5) is 0 Å². The van der Waals surface area contributed by atoms with Crippen LogP contribution in [0.2, 0.25) is 0 Å². The van der Waals surface area contributed by atoms with Crippen molar-refractivity contribution in [2.45, 2.75) is 44.1 Å². The van der Waals surface area contributed by atoms with E-state index in [4.69, 9.17) is 4.98 Å². The van der Waals surface area contributed by atoms with Crippen molar-refractivity contribution >= 4 is 43.5 Å². The molecule has 3 heterocycles. The van der Waals surface area contributed by atoms with Gasteiger partial charge in [0.15, 0.2) is 5.16 Å². The van der Waals surface area contributed by atoms with Crippen LogP contribution in [0.5, 0.6) is 0 Å². The molecule has 0 saturated carbocycles. The van der Waals surface area contributed by atoms with E-state index < -0.39 is 0 Å². The van der Waals surface area contributed by atoms with Crippen LogP contribution in [0, 0.1) is 13.8 Å². The van der Waals surface area contributed by atoms with E-state index in [9.17, 15) is 4.79 Å². The number of benzene rings is 2. The lowest BCUT2D eigenvalue weighted by Gasteiger charge is -2.17. The summed E-state index contributed by atoms with van der Waals surface area (Å²) in [6, 6.07) is 20.8. The van der Waals surface area contributed by atoms with Gasteiger partial charge in [-0.15, -0.1) is 11.3 Å². The zero-order chi connectivity index (χ0) is 22.9. The first-order valence-electron chi connectivity index (χ1n) is 11.0. The Labute approximate surface area is 201 Å². The maximum atomic E-state index is 13.7. The van der Waals surface area contributed by atoms with Crippen molar-refractivity contribution in [1.82, 2.24) is 14.5 Å². The molecule has 0 unspecified atom stereocenters. The van der Waals surface area contributed by atoms with E-state index in [-0.39, 0.29) is 11.5 Å². The van der Waals surface area contributed by atoms with Crippen LogP contribution >= 0.6 is 23.1 Å². The minimum absolute atomic E-state index is 0.0224. The third-order valence-corrected chi connectivity index (χ3v) is 8.12. The standard InChI is InChI=1S/C27H25N3OS2/c1-17-11-12-18(2)21(14-17)16-32-27-29-23-22-10-7-13-28-25(22)33-24(23)26(31)30(27)15-19(3)20-8-5-4-6-9-20/h4-14,19H,15-16H2,1-3H3/t19-/m0/s1. The summed E-state index contributed by atoms with van der Waals surface area (Å²) in [6.45, 7) is 6.99. The van der Waals surface area contributed by atoms with E-state index in [1.54, 1.807) is 18.0 Å². The van der Waals surface area contributed by atoms with Crippen LogP contribution in [0.3, 0.4) is 0 Å². The van der Waals surface area contributed by atoms with Gasteiger partial charge in [-0.05, 0) is 48.6 Å². The van der Waals surface area contributed by atoms with Crippen molar-refractivity contribution in [2.24, 2.45) is 0 Å². The quantitative estimate of drug-likeness (QED) is 0.204. The van der Waals surface area contributed by atoms with Crippen molar-refractivity contribution in [1.29, 1.82) is 0 Å². The van der Waals surface area contributed by atoms with Crippen LogP contribution in [0.15, 0.2) is 76.8 Å². The molecule has 0 bridgehead atoms. The van der Waals surface area contributed by atoms with E-state index in [1.807, 2.05) is 34.9 Å². The highest BCUT2D eigenvalue weighted by atomic mass is 32.2. The van der Waals surface area contributed by atoms with Crippen LogP contribution in [-0.4, -0.2) is 14.5 Å². The number of nitrogens with zero attached hydrogens (tertiary/aromatic N) is 3. The number of rotatable bonds is 6. The van der Waals surface area contributed by atoms with Gasteiger partial charge in [0, 0.05) is 23.9 Å². The number of thiophene rings is 1. The van der Waals surface area contributed by atoms with E-state index in [0.29, 0.717) is 11.2 Å². The van der Waals surface area contributed by atoms with Gasteiger partial charge in [0.1, 0.15) is 9.53 Å². The summed E-state index contributed by atoms with van der Waals surface area (Å²) < 4.78 is 2.55. The maximum absolute atomic E-state index is 13.7. The SMILES string of the molecule is Cc1ccc(C)c(CSc2nc3c(sc4ncccc43)c(=O)n2C[C@H](C)c2ccccc2)c1. The highest BCUT2D eigenvalue weighted by molar-refractivity contribution is 7.98. The van der Waals surface area contributed by atoms with Crippen LogP contribution < -0.4 is 5.56 Å². The average molecular weight is 472 g/mol. The average Bonchev–Trinajstić information content (AvgIpc) is 3.21. The lowest BCUT2D eigenvalue weighted by molar-refractivity contribution is 0.532. The van der Waals surface area contributed by atoms with Gasteiger partial charge in [-0.25, -0.2) is 9.97 Å². The molecule has 0 radical (unpaired) electrons. The fourth-order valence-corrected chi connectivity index (χ4v) is 6.17. The number of aryl methyl sites for hydroxylation is 2. The zero-order valence-corrected chi connectivity index (χ0v) is 20.5. The highest BCUT2D eigenvalue weighted by Gasteiger charge is 2.19. The smallest absolute Gasteiger partial charge is 0.272 e. The fraction of sp³-hybridized carbons (Fsp3) is 0.222. The van der Waals surface area contributed by atoms with Gasteiger partial charge in [0.25, 0.3) is 5.56 Å². The van der Waals surface area contributed by atoms with Crippen molar-refractivity contribution in [2.75, 3.05) is 0 Å². The Morgan fingerprint density at radius 2 is 1.88 bits per heavy atom. The second kappa shape index (κ2) is 9.12. The summed E-state index contributed by atoms with van der Waals surface area (Å²) in [6.07, 6.45) is 1.77. The molecule has 0 saturated heterocycles. The van der Waals surface area contributed by atoms with E-state index in [1.165, 1.54) is 33.6 Å². The summed E-state index contributed by atoms with van der Waals surface area (Å²) in [5.41, 5.74) is 5.77. The van der Waals surface area contributed by atoms with Gasteiger partial charge in [-0.1, -0.05) is 72.8 Å². The third-order valence-electron chi connectivity index (χ3n) is 6.00. The number of aromatic nitrogens is 3. The number of pyridine rings is 1. The van der Waals surface area contributed by atoms with Crippen molar-refractivity contribution in [3.63, 3.8) is 0 Å². The van der Waals surface area contributed by atoms with Gasteiger partial charge < -0.3 is 0 Å². The zero-order valence-electron chi connectivity index (χ0n) is 18.9. The van der Waals surface area contributed by atoms with Gasteiger partial charge >= 0.3 is 0 Å². The summed E-state index contributed by atoms with van der Waals surface area (Å²) in [5.74, 6) is 0.960. The molecular formula is C27H25N3OS2. The Balaban J connectivity index is 1.61. The van der Waals surface area contributed by atoms with Crippen molar-refractivity contribution in [3.8, 4) is 0 Å². The van der Waals surface area contributed by atoms with E-state index in [2.05, 4.69) is 56.1 Å². The second-order valence-corrected chi connectivity index (χ2v) is 10.4. The monoisotopic (exact) mass is 471 g/mol. The van der Waals surface area contributed by atoms with E-state index in [0.717, 1.165) is 26.6 Å². The predicted octanol–water partition coefficient (Wildman–Crippen LogP) is 6.72.